The molecule has 1 amide bonds. The number of hydrogen-bond acceptors (Lipinski definition) is 4. The van der Waals surface area contributed by atoms with Crippen molar-refractivity contribution in [2.75, 3.05) is 13.1 Å². The van der Waals surface area contributed by atoms with E-state index >= 15 is 0 Å². The summed E-state index contributed by atoms with van der Waals surface area (Å²) in [6.07, 6.45) is 7.20. The van der Waals surface area contributed by atoms with Crippen LogP contribution in [0, 0.1) is 11.8 Å². The highest BCUT2D eigenvalue weighted by molar-refractivity contribution is 7.18. The van der Waals surface area contributed by atoms with Gasteiger partial charge in [0.25, 0.3) is 11.5 Å². The van der Waals surface area contributed by atoms with Gasteiger partial charge in [-0.3, -0.25) is 14.0 Å². The van der Waals surface area contributed by atoms with E-state index in [2.05, 4.69) is 13.8 Å². The maximum atomic E-state index is 13.3. The molecule has 3 aromatic heterocycles. The summed E-state index contributed by atoms with van der Waals surface area (Å²) < 4.78 is 1.58. The Morgan fingerprint density at radius 3 is 2.71 bits per heavy atom. The van der Waals surface area contributed by atoms with Gasteiger partial charge in [-0.05, 0) is 61.6 Å². The van der Waals surface area contributed by atoms with E-state index in [1.807, 2.05) is 11.0 Å². The van der Waals surface area contributed by atoms with Crippen molar-refractivity contribution < 1.29 is 4.79 Å². The summed E-state index contributed by atoms with van der Waals surface area (Å²) in [5.74, 6) is 0.979. The molecule has 1 aliphatic heterocycles. The molecule has 0 radical (unpaired) electrons. The lowest BCUT2D eigenvalue weighted by Crippen LogP contribution is -2.42. The Kier molecular flexibility index (Phi) is 4.27. The van der Waals surface area contributed by atoms with Crippen molar-refractivity contribution in [3.8, 4) is 0 Å². The number of rotatable bonds is 1. The van der Waals surface area contributed by atoms with E-state index in [1.165, 1.54) is 16.9 Å². The van der Waals surface area contributed by atoms with Crippen LogP contribution in [-0.2, 0) is 12.8 Å². The number of fused-ring (bicyclic) bond motifs is 4. The Labute approximate surface area is 168 Å². The second-order valence-corrected chi connectivity index (χ2v) is 9.66. The van der Waals surface area contributed by atoms with Gasteiger partial charge in [0.15, 0.2) is 5.65 Å². The molecule has 6 heteroatoms. The first-order valence-electron chi connectivity index (χ1n) is 10.3. The highest BCUT2D eigenvalue weighted by Crippen LogP contribution is 2.34. The number of piperidine rings is 1. The molecule has 2 aliphatic rings. The van der Waals surface area contributed by atoms with Crippen LogP contribution in [0.3, 0.4) is 0 Å². The summed E-state index contributed by atoms with van der Waals surface area (Å²) >= 11 is 1.64. The molecule has 5 rings (SSSR count). The molecule has 0 aromatic carbocycles. The molecule has 3 aromatic rings. The van der Waals surface area contributed by atoms with Crippen molar-refractivity contribution in [3.05, 3.63) is 44.7 Å². The Morgan fingerprint density at radius 1 is 1.18 bits per heavy atom. The lowest BCUT2D eigenvalue weighted by atomic mass is 9.91. The third-order valence-corrected chi connectivity index (χ3v) is 7.33. The number of likely N-dealkylation sites (tertiary alicyclic amines) is 1. The summed E-state index contributed by atoms with van der Waals surface area (Å²) in [5, 5.41) is 0.766. The molecule has 1 saturated heterocycles. The fourth-order valence-corrected chi connectivity index (χ4v) is 6.26. The largest absolute Gasteiger partial charge is 0.338 e. The van der Waals surface area contributed by atoms with Crippen molar-refractivity contribution in [2.45, 2.75) is 46.0 Å². The van der Waals surface area contributed by atoms with Gasteiger partial charge in [-0.1, -0.05) is 13.8 Å². The molecule has 0 N–H and O–H groups in total. The maximum Gasteiger partial charge on any atom is 0.266 e. The first-order valence-corrected chi connectivity index (χ1v) is 11.1. The summed E-state index contributed by atoms with van der Waals surface area (Å²) in [6.45, 7) is 5.93. The quantitative estimate of drug-likeness (QED) is 0.628. The molecular formula is C22H25N3O2S. The average Bonchev–Trinajstić information content (AvgIpc) is 3.05. The molecule has 146 valence electrons. The van der Waals surface area contributed by atoms with Crippen molar-refractivity contribution >= 4 is 33.1 Å². The molecule has 0 bridgehead atoms. The second-order valence-electron chi connectivity index (χ2n) is 8.58. The van der Waals surface area contributed by atoms with Gasteiger partial charge < -0.3 is 4.90 Å². The Hall–Kier alpha value is -2.21. The highest BCUT2D eigenvalue weighted by Gasteiger charge is 2.28. The number of nitrogens with zero attached hydrogens (tertiary/aromatic N) is 3. The molecule has 2 atom stereocenters. The monoisotopic (exact) mass is 395 g/mol. The van der Waals surface area contributed by atoms with Crippen molar-refractivity contribution in [1.29, 1.82) is 0 Å². The maximum absolute atomic E-state index is 13.3. The first kappa shape index (κ1) is 17.9. The molecule has 1 fully saturated rings. The lowest BCUT2D eigenvalue weighted by molar-refractivity contribution is 0.0624. The van der Waals surface area contributed by atoms with Gasteiger partial charge in [0, 0.05) is 24.2 Å². The van der Waals surface area contributed by atoms with Crippen LogP contribution >= 0.6 is 11.3 Å². The first-order chi connectivity index (χ1) is 13.5. The van der Waals surface area contributed by atoms with Gasteiger partial charge in [0.05, 0.1) is 10.9 Å². The van der Waals surface area contributed by atoms with Crippen LogP contribution in [0.15, 0.2) is 23.1 Å². The number of pyridine rings is 1. The van der Waals surface area contributed by atoms with Crippen LogP contribution in [0.25, 0.3) is 15.9 Å². The molecule has 0 saturated carbocycles. The Morgan fingerprint density at radius 2 is 1.93 bits per heavy atom. The number of carbonyl (C=O) groups is 1. The van der Waals surface area contributed by atoms with Crippen molar-refractivity contribution in [1.82, 2.24) is 14.3 Å². The SMILES string of the molecule is CC1CC(C)CN(C(=O)c2cccn3c(=O)c4c5c(sc4nc23)CCCC5)C1. The molecule has 4 heterocycles. The zero-order valence-corrected chi connectivity index (χ0v) is 17.2. The van der Waals surface area contributed by atoms with E-state index in [0.29, 0.717) is 23.0 Å². The van der Waals surface area contributed by atoms with Crippen LogP contribution in [0.2, 0.25) is 0 Å². The van der Waals surface area contributed by atoms with Gasteiger partial charge >= 0.3 is 0 Å². The molecular weight excluding hydrogens is 370 g/mol. The zero-order chi connectivity index (χ0) is 19.4. The number of thiophene rings is 1. The van der Waals surface area contributed by atoms with E-state index in [1.54, 1.807) is 28.0 Å². The fourth-order valence-electron chi connectivity index (χ4n) is 5.01. The minimum absolute atomic E-state index is 0.0101. The Bertz CT molecular complexity index is 1140. The highest BCUT2D eigenvalue weighted by atomic mass is 32.1. The molecule has 28 heavy (non-hydrogen) atoms. The van der Waals surface area contributed by atoms with E-state index in [0.717, 1.165) is 49.0 Å². The van der Waals surface area contributed by atoms with Crippen LogP contribution in [-0.4, -0.2) is 33.3 Å². The van der Waals surface area contributed by atoms with Crippen LogP contribution in [0.5, 0.6) is 0 Å². The third kappa shape index (κ3) is 2.77. The number of carbonyl (C=O) groups excluding carboxylic acids is 1. The minimum atomic E-state index is -0.0329. The summed E-state index contributed by atoms with van der Waals surface area (Å²) in [4.78, 5) is 35.5. The number of amides is 1. The van der Waals surface area contributed by atoms with Crippen molar-refractivity contribution in [3.63, 3.8) is 0 Å². The standard InChI is InChI=1S/C22H25N3O2S/c1-13-10-14(2)12-24(11-13)21(26)16-7-5-9-25-19(16)23-20-18(22(25)27)15-6-3-4-8-17(15)28-20/h5,7,9,13-14H,3-4,6,8,10-12H2,1-2H3. The normalized spacial score (nSPS) is 22.6. The summed E-state index contributed by atoms with van der Waals surface area (Å²) in [7, 11) is 0. The predicted molar refractivity (Wildman–Crippen MR) is 112 cm³/mol. The molecule has 1 aliphatic carbocycles. The number of hydrogen-bond donors (Lipinski definition) is 0. The average molecular weight is 396 g/mol. The number of aromatic nitrogens is 2. The third-order valence-electron chi connectivity index (χ3n) is 6.15. The van der Waals surface area contributed by atoms with Crippen LogP contribution in [0.1, 0.15) is 53.9 Å². The molecule has 0 spiro atoms. The van der Waals surface area contributed by atoms with Gasteiger partial charge in [-0.25, -0.2) is 4.98 Å². The number of aryl methyl sites for hydroxylation is 2. The minimum Gasteiger partial charge on any atom is -0.338 e. The second kappa shape index (κ2) is 6.69. The van der Waals surface area contributed by atoms with Gasteiger partial charge in [0.1, 0.15) is 4.83 Å². The Balaban J connectivity index is 1.67. The zero-order valence-electron chi connectivity index (χ0n) is 16.4. The molecule has 2 unspecified atom stereocenters. The predicted octanol–water partition coefficient (Wildman–Crippen LogP) is 3.91. The summed E-state index contributed by atoms with van der Waals surface area (Å²) in [5.41, 5.74) is 2.19. The van der Waals surface area contributed by atoms with E-state index in [-0.39, 0.29) is 11.5 Å². The van der Waals surface area contributed by atoms with Crippen LogP contribution < -0.4 is 5.56 Å². The molecule has 5 nitrogen and oxygen atoms in total. The van der Waals surface area contributed by atoms with Gasteiger partial charge in [-0.2, -0.15) is 0 Å². The van der Waals surface area contributed by atoms with Crippen molar-refractivity contribution in [2.24, 2.45) is 11.8 Å². The van der Waals surface area contributed by atoms with Gasteiger partial charge in [0.2, 0.25) is 0 Å². The van der Waals surface area contributed by atoms with E-state index in [4.69, 9.17) is 4.98 Å². The fraction of sp³-hybridized carbons (Fsp3) is 0.500. The lowest BCUT2D eigenvalue weighted by Gasteiger charge is -2.35. The van der Waals surface area contributed by atoms with E-state index < -0.39 is 0 Å². The smallest absolute Gasteiger partial charge is 0.266 e. The topological polar surface area (TPSA) is 54.7 Å². The summed E-state index contributed by atoms with van der Waals surface area (Å²) in [6, 6.07) is 3.61. The van der Waals surface area contributed by atoms with Gasteiger partial charge in [-0.15, -0.1) is 11.3 Å². The van der Waals surface area contributed by atoms with E-state index in [9.17, 15) is 9.59 Å². The van der Waals surface area contributed by atoms with Crippen LogP contribution in [0.4, 0.5) is 0 Å².